The summed E-state index contributed by atoms with van der Waals surface area (Å²) < 4.78 is 0. The maximum atomic E-state index is 7.98. The lowest BCUT2D eigenvalue weighted by atomic mass is 9.67. The van der Waals surface area contributed by atoms with Crippen LogP contribution >= 0.6 is 0 Å². The van der Waals surface area contributed by atoms with Gasteiger partial charge in [-0.3, -0.25) is 0 Å². The third-order valence-corrected chi connectivity index (χ3v) is 13.6. The summed E-state index contributed by atoms with van der Waals surface area (Å²) in [5.41, 5.74) is 20.9. The van der Waals surface area contributed by atoms with E-state index in [1.165, 1.54) is 33.4 Å². The fourth-order valence-electron chi connectivity index (χ4n) is 10.2. The Labute approximate surface area is 403 Å². The second-order valence-electron chi connectivity index (χ2n) is 17.6. The van der Waals surface area contributed by atoms with Gasteiger partial charge in [0.25, 0.3) is 0 Å². The van der Waals surface area contributed by atoms with Crippen molar-refractivity contribution in [2.75, 3.05) is 0 Å². The van der Waals surface area contributed by atoms with E-state index < -0.39 is 5.41 Å². The van der Waals surface area contributed by atoms with E-state index in [-0.39, 0.29) is 0 Å². The van der Waals surface area contributed by atoms with Crippen LogP contribution in [-0.2, 0) is 5.41 Å². The highest BCUT2D eigenvalue weighted by molar-refractivity contribution is 5.91. The third kappa shape index (κ3) is 7.51. The number of benzene rings is 10. The minimum absolute atomic E-state index is 0.577. The Kier molecular flexibility index (Phi) is 10.5. The summed E-state index contributed by atoms with van der Waals surface area (Å²) in [6.45, 7) is 7.98. The van der Waals surface area contributed by atoms with E-state index >= 15 is 0 Å². The summed E-state index contributed by atoms with van der Waals surface area (Å²) in [5, 5.41) is 0. The van der Waals surface area contributed by atoms with E-state index in [4.69, 9.17) is 16.5 Å². The number of hydrogen-bond donors (Lipinski definition) is 0. The van der Waals surface area contributed by atoms with Crippen molar-refractivity contribution in [2.45, 2.75) is 5.41 Å². The molecule has 3 nitrogen and oxygen atoms in total. The second-order valence-corrected chi connectivity index (χ2v) is 17.6. The van der Waals surface area contributed by atoms with Gasteiger partial charge in [-0.1, -0.05) is 237 Å². The maximum absolute atomic E-state index is 7.98. The molecule has 0 N–H and O–H groups in total. The normalized spacial score (nSPS) is 12.2. The number of hydrogen-bond acceptors (Lipinski definition) is 2. The van der Waals surface area contributed by atoms with Crippen molar-refractivity contribution in [3.63, 3.8) is 0 Å². The Morgan fingerprint density at radius 1 is 0.290 bits per heavy atom. The van der Waals surface area contributed by atoms with E-state index in [1.807, 2.05) is 18.2 Å². The molecule has 0 atom stereocenters. The fraction of sp³-hybridized carbons (Fsp3) is 0.0152. The molecule has 10 aromatic carbocycles. The van der Waals surface area contributed by atoms with Crippen LogP contribution in [0.25, 0.3) is 94.4 Å². The van der Waals surface area contributed by atoms with Crippen LogP contribution in [0.5, 0.6) is 0 Å². The first-order valence-corrected chi connectivity index (χ1v) is 23.3. The van der Waals surface area contributed by atoms with Crippen molar-refractivity contribution in [3.05, 3.63) is 295 Å². The molecule has 12 rings (SSSR count). The summed E-state index contributed by atoms with van der Waals surface area (Å²) in [4.78, 5) is 14.4. The van der Waals surface area contributed by atoms with Gasteiger partial charge in [-0.2, -0.15) is 0 Å². The van der Waals surface area contributed by atoms with Crippen molar-refractivity contribution in [1.82, 2.24) is 9.97 Å². The van der Waals surface area contributed by atoms with E-state index in [1.54, 1.807) is 0 Å². The molecule has 1 heterocycles. The van der Waals surface area contributed by atoms with Crippen LogP contribution in [0.3, 0.4) is 0 Å². The third-order valence-electron chi connectivity index (χ3n) is 13.6. The first-order chi connectivity index (χ1) is 34.1. The molecule has 0 unspecified atom stereocenters. The van der Waals surface area contributed by atoms with E-state index in [9.17, 15) is 0 Å². The lowest BCUT2D eigenvalue weighted by Crippen LogP contribution is -2.28. The molecule has 69 heavy (non-hydrogen) atoms. The molecule has 0 amide bonds. The number of fused-ring (bicyclic) bond motifs is 3. The highest BCUT2D eigenvalue weighted by Crippen LogP contribution is 2.57. The van der Waals surface area contributed by atoms with Crippen molar-refractivity contribution >= 4 is 5.69 Å². The Balaban J connectivity index is 0.932. The molecule has 0 saturated carbocycles. The van der Waals surface area contributed by atoms with Crippen molar-refractivity contribution in [3.8, 4) is 89.5 Å². The highest BCUT2D eigenvalue weighted by Gasteiger charge is 2.46. The van der Waals surface area contributed by atoms with Crippen molar-refractivity contribution in [1.29, 1.82) is 0 Å². The molecule has 1 aromatic heterocycles. The molecule has 1 aliphatic carbocycles. The molecule has 0 radical (unpaired) electrons. The van der Waals surface area contributed by atoms with E-state index in [2.05, 4.69) is 247 Å². The first kappa shape index (κ1) is 41.2. The van der Waals surface area contributed by atoms with Crippen molar-refractivity contribution < 1.29 is 0 Å². The summed E-state index contributed by atoms with van der Waals surface area (Å²) in [7, 11) is 0. The molecule has 11 aromatic rings. The Hall–Kier alpha value is -9.23. The van der Waals surface area contributed by atoms with Gasteiger partial charge in [0, 0.05) is 16.7 Å². The predicted molar refractivity (Wildman–Crippen MR) is 284 cm³/mol. The van der Waals surface area contributed by atoms with Crippen LogP contribution in [-0.4, -0.2) is 9.97 Å². The minimum atomic E-state index is -0.577. The van der Waals surface area contributed by atoms with Crippen LogP contribution in [0.2, 0.25) is 0 Å². The van der Waals surface area contributed by atoms with E-state index in [0.717, 1.165) is 72.6 Å². The second kappa shape index (κ2) is 17.5. The lowest BCUT2D eigenvalue weighted by Gasteiger charge is -2.34. The maximum Gasteiger partial charge on any atom is 0.187 e. The number of rotatable bonds is 9. The van der Waals surface area contributed by atoms with Crippen LogP contribution in [0.1, 0.15) is 22.3 Å². The summed E-state index contributed by atoms with van der Waals surface area (Å²) >= 11 is 0. The molecule has 0 aliphatic heterocycles. The average Bonchev–Trinajstić information content (AvgIpc) is 3.73. The van der Waals surface area contributed by atoms with Crippen LogP contribution in [0.15, 0.2) is 261 Å². The molecule has 0 saturated heterocycles. The van der Waals surface area contributed by atoms with Crippen LogP contribution < -0.4 is 0 Å². The van der Waals surface area contributed by atoms with Gasteiger partial charge in [0.15, 0.2) is 11.5 Å². The summed E-state index contributed by atoms with van der Waals surface area (Å²) in [6, 6.07) is 92.3. The van der Waals surface area contributed by atoms with Gasteiger partial charge in [-0.05, 0) is 102 Å². The zero-order chi connectivity index (χ0) is 46.2. The SMILES string of the molecule is [C-]#[N+]c1ccc2c(c1)C(c1ccccc1)(c1ccccc1)c1ccc(-c3cccc(-c4cccc(-c5cc(-c6ccc(-c7ccccc7)cc6)nc(-c6ccc(-c7ccccc7)cc6)n5)c4)c3)cc1-2. The van der Waals surface area contributed by atoms with Crippen LogP contribution in [0, 0.1) is 6.57 Å². The standard InChI is InChI=1S/C66H43N3/c1-67-58-37-38-59-60-42-54(36-39-61(60)66(62(59)43-58,56-24-10-4-11-25-56)57-26-12-5-13-27-57)52-21-14-20-51(40-52)53-22-15-23-55(41-53)64-44-63(49-32-28-47(29-33-49)45-16-6-2-7-17-45)68-65(69-64)50-34-30-48(31-35-50)46-18-8-3-9-19-46/h2-44H. The van der Waals surface area contributed by atoms with Gasteiger partial charge >= 0.3 is 0 Å². The monoisotopic (exact) mass is 877 g/mol. The Bertz CT molecular complexity index is 3550. The number of aromatic nitrogens is 2. The molecule has 0 fully saturated rings. The molecule has 322 valence electrons. The van der Waals surface area contributed by atoms with Gasteiger partial charge in [0.1, 0.15) is 0 Å². The summed E-state index contributed by atoms with van der Waals surface area (Å²) in [6.07, 6.45) is 0. The average molecular weight is 878 g/mol. The molecular weight excluding hydrogens is 835 g/mol. The minimum Gasteiger partial charge on any atom is -0.238 e. The smallest absolute Gasteiger partial charge is 0.187 e. The quantitative estimate of drug-likeness (QED) is 0.135. The summed E-state index contributed by atoms with van der Waals surface area (Å²) in [5.74, 6) is 0.675. The van der Waals surface area contributed by atoms with Gasteiger partial charge in [0.05, 0.1) is 23.4 Å². The zero-order valence-corrected chi connectivity index (χ0v) is 37.7. The molecular formula is C66H43N3. The molecule has 1 aliphatic rings. The van der Waals surface area contributed by atoms with Gasteiger partial charge < -0.3 is 0 Å². The predicted octanol–water partition coefficient (Wildman–Crippen LogP) is 17.1. The van der Waals surface area contributed by atoms with Gasteiger partial charge in [0.2, 0.25) is 0 Å². The lowest BCUT2D eigenvalue weighted by molar-refractivity contribution is 0.769. The first-order valence-electron chi connectivity index (χ1n) is 23.3. The molecule has 3 heteroatoms. The van der Waals surface area contributed by atoms with Crippen molar-refractivity contribution in [2.24, 2.45) is 0 Å². The largest absolute Gasteiger partial charge is 0.238 e. The Morgan fingerprint density at radius 2 is 0.710 bits per heavy atom. The Morgan fingerprint density at radius 3 is 1.26 bits per heavy atom. The van der Waals surface area contributed by atoms with Crippen LogP contribution in [0.4, 0.5) is 5.69 Å². The fourth-order valence-corrected chi connectivity index (χ4v) is 10.2. The highest BCUT2D eigenvalue weighted by atomic mass is 14.9. The zero-order valence-electron chi connectivity index (χ0n) is 37.7. The number of nitrogens with zero attached hydrogens (tertiary/aromatic N) is 3. The molecule has 0 spiro atoms. The molecule has 0 bridgehead atoms. The van der Waals surface area contributed by atoms with Gasteiger partial charge in [-0.25, -0.2) is 14.8 Å². The topological polar surface area (TPSA) is 30.1 Å². The van der Waals surface area contributed by atoms with E-state index in [0.29, 0.717) is 11.5 Å². The van der Waals surface area contributed by atoms with Gasteiger partial charge in [-0.15, -0.1) is 0 Å².